The van der Waals surface area contributed by atoms with Gasteiger partial charge < -0.3 is 0 Å². The van der Waals surface area contributed by atoms with Gasteiger partial charge >= 0.3 is 0 Å². The highest BCUT2D eigenvalue weighted by atomic mass is 35.5. The monoisotopic (exact) mass is 200 g/mol. The van der Waals surface area contributed by atoms with Gasteiger partial charge in [-0.1, -0.05) is 38.3 Å². The summed E-state index contributed by atoms with van der Waals surface area (Å²) in [6.45, 7) is 2.32. The van der Waals surface area contributed by atoms with Crippen molar-refractivity contribution in [1.29, 1.82) is 0 Å². The third-order valence-corrected chi connectivity index (χ3v) is 3.30. The first-order valence-electron chi connectivity index (χ1n) is 5.59. The second-order valence-electron chi connectivity index (χ2n) is 4.11. The summed E-state index contributed by atoms with van der Waals surface area (Å²) in [5.74, 6) is 2.60. The Labute approximate surface area is 87.4 Å². The Morgan fingerprint density at radius 1 is 1.38 bits per heavy atom. The minimum atomic E-state index is 0.764. The van der Waals surface area contributed by atoms with Gasteiger partial charge in [0, 0.05) is 5.88 Å². The summed E-state index contributed by atoms with van der Waals surface area (Å²) < 4.78 is 0. The second-order valence-corrected chi connectivity index (χ2v) is 4.48. The van der Waals surface area contributed by atoms with Crippen molar-refractivity contribution in [3.8, 4) is 0 Å². The number of hydrogen-bond donors (Lipinski definition) is 0. The Kier molecular flexibility index (Phi) is 5.54. The molecule has 1 aliphatic carbocycles. The van der Waals surface area contributed by atoms with Gasteiger partial charge in [-0.05, 0) is 31.1 Å². The van der Waals surface area contributed by atoms with Crippen LogP contribution in [0.15, 0.2) is 12.2 Å². The van der Waals surface area contributed by atoms with Crippen LogP contribution in [0.5, 0.6) is 0 Å². The van der Waals surface area contributed by atoms with Gasteiger partial charge in [0.2, 0.25) is 0 Å². The number of allylic oxidation sites excluding steroid dienone is 2. The molecule has 1 fully saturated rings. The minimum absolute atomic E-state index is 0.764. The highest BCUT2D eigenvalue weighted by Gasteiger charge is 2.18. The SMILES string of the molecule is CCC1CCCC(/C=C/CCCl)C1. The van der Waals surface area contributed by atoms with E-state index in [4.69, 9.17) is 11.6 Å². The summed E-state index contributed by atoms with van der Waals surface area (Å²) in [7, 11) is 0. The number of halogens is 1. The zero-order valence-electron chi connectivity index (χ0n) is 8.64. The van der Waals surface area contributed by atoms with E-state index in [1.54, 1.807) is 0 Å². The van der Waals surface area contributed by atoms with Crippen LogP contribution in [-0.4, -0.2) is 5.88 Å². The summed E-state index contributed by atoms with van der Waals surface area (Å²) in [6, 6.07) is 0. The van der Waals surface area contributed by atoms with Crippen LogP contribution in [0.2, 0.25) is 0 Å². The number of alkyl halides is 1. The molecule has 0 saturated heterocycles. The highest BCUT2D eigenvalue weighted by molar-refractivity contribution is 6.17. The quantitative estimate of drug-likeness (QED) is 0.467. The molecule has 1 rings (SSSR count). The molecular weight excluding hydrogens is 180 g/mol. The predicted octanol–water partition coefficient (Wildman–Crippen LogP) is 4.39. The predicted molar refractivity (Wildman–Crippen MR) is 60.2 cm³/mol. The maximum absolute atomic E-state index is 5.62. The van der Waals surface area contributed by atoms with Crippen molar-refractivity contribution in [3.05, 3.63) is 12.2 Å². The molecule has 0 amide bonds. The Hall–Kier alpha value is 0.0300. The Balaban J connectivity index is 2.25. The molecule has 0 N–H and O–H groups in total. The fourth-order valence-corrected chi connectivity index (χ4v) is 2.36. The summed E-state index contributed by atoms with van der Waals surface area (Å²) in [4.78, 5) is 0. The van der Waals surface area contributed by atoms with Crippen molar-refractivity contribution in [1.82, 2.24) is 0 Å². The molecule has 1 aliphatic rings. The van der Waals surface area contributed by atoms with Crippen LogP contribution in [0.3, 0.4) is 0 Å². The number of hydrogen-bond acceptors (Lipinski definition) is 0. The third kappa shape index (κ3) is 4.17. The Bertz CT molecular complexity index is 151. The largest absolute Gasteiger partial charge is 0.126 e. The van der Waals surface area contributed by atoms with E-state index in [0.717, 1.165) is 24.1 Å². The topological polar surface area (TPSA) is 0 Å². The lowest BCUT2D eigenvalue weighted by Crippen LogP contribution is -2.13. The van der Waals surface area contributed by atoms with Gasteiger partial charge in [0.1, 0.15) is 0 Å². The number of rotatable bonds is 4. The van der Waals surface area contributed by atoms with Gasteiger partial charge in [0.15, 0.2) is 0 Å². The molecule has 0 bridgehead atoms. The van der Waals surface area contributed by atoms with Gasteiger partial charge in [-0.3, -0.25) is 0 Å². The summed E-state index contributed by atoms with van der Waals surface area (Å²) in [5.41, 5.74) is 0. The van der Waals surface area contributed by atoms with Crippen LogP contribution in [-0.2, 0) is 0 Å². The van der Waals surface area contributed by atoms with Gasteiger partial charge in [0.05, 0.1) is 0 Å². The van der Waals surface area contributed by atoms with Gasteiger partial charge in [-0.2, -0.15) is 0 Å². The molecule has 0 spiro atoms. The summed E-state index contributed by atoms with van der Waals surface area (Å²) in [6.07, 6.45) is 12.7. The molecule has 13 heavy (non-hydrogen) atoms. The maximum Gasteiger partial charge on any atom is 0.0258 e. The highest BCUT2D eigenvalue weighted by Crippen LogP contribution is 2.31. The lowest BCUT2D eigenvalue weighted by molar-refractivity contribution is 0.297. The van der Waals surface area contributed by atoms with Gasteiger partial charge in [-0.15, -0.1) is 11.6 Å². The molecular formula is C12H21Cl. The van der Waals surface area contributed by atoms with Crippen molar-refractivity contribution in [2.45, 2.75) is 45.4 Å². The van der Waals surface area contributed by atoms with E-state index in [9.17, 15) is 0 Å². The molecule has 0 heterocycles. The molecule has 0 aromatic rings. The minimum Gasteiger partial charge on any atom is -0.126 e. The molecule has 0 nitrogen and oxygen atoms in total. The first-order chi connectivity index (χ1) is 6.36. The van der Waals surface area contributed by atoms with E-state index in [1.807, 2.05) is 0 Å². The van der Waals surface area contributed by atoms with Crippen LogP contribution in [0.4, 0.5) is 0 Å². The average molecular weight is 201 g/mol. The van der Waals surface area contributed by atoms with Crippen molar-refractivity contribution in [2.75, 3.05) is 5.88 Å². The molecule has 0 aromatic heterocycles. The van der Waals surface area contributed by atoms with Crippen molar-refractivity contribution in [3.63, 3.8) is 0 Å². The maximum atomic E-state index is 5.62. The molecule has 2 atom stereocenters. The standard InChI is InChI=1S/C12H21Cl/c1-2-11-7-5-8-12(10-11)6-3-4-9-13/h3,6,11-12H,2,4-5,7-10H2,1H3/b6-3+. The smallest absolute Gasteiger partial charge is 0.0258 e. The first kappa shape index (κ1) is 11.1. The van der Waals surface area contributed by atoms with Crippen LogP contribution >= 0.6 is 11.6 Å². The zero-order valence-corrected chi connectivity index (χ0v) is 9.39. The molecule has 76 valence electrons. The van der Waals surface area contributed by atoms with Crippen LogP contribution < -0.4 is 0 Å². The second kappa shape index (κ2) is 6.48. The lowest BCUT2D eigenvalue weighted by Gasteiger charge is -2.26. The van der Waals surface area contributed by atoms with E-state index >= 15 is 0 Å². The lowest BCUT2D eigenvalue weighted by atomic mass is 9.80. The van der Waals surface area contributed by atoms with E-state index in [0.29, 0.717) is 0 Å². The van der Waals surface area contributed by atoms with Crippen LogP contribution in [0.25, 0.3) is 0 Å². The molecule has 1 saturated carbocycles. The average Bonchev–Trinajstić information content (AvgIpc) is 2.19. The Morgan fingerprint density at radius 2 is 2.23 bits per heavy atom. The van der Waals surface area contributed by atoms with E-state index in [1.165, 1.54) is 32.1 Å². The zero-order chi connectivity index (χ0) is 9.52. The molecule has 0 aromatic carbocycles. The third-order valence-electron chi connectivity index (χ3n) is 3.08. The van der Waals surface area contributed by atoms with Crippen molar-refractivity contribution in [2.24, 2.45) is 11.8 Å². The molecule has 0 radical (unpaired) electrons. The van der Waals surface area contributed by atoms with Gasteiger partial charge in [-0.25, -0.2) is 0 Å². The fraction of sp³-hybridized carbons (Fsp3) is 0.833. The van der Waals surface area contributed by atoms with Crippen LogP contribution in [0.1, 0.15) is 45.4 Å². The van der Waals surface area contributed by atoms with E-state index < -0.39 is 0 Å². The summed E-state index contributed by atoms with van der Waals surface area (Å²) >= 11 is 5.62. The van der Waals surface area contributed by atoms with Gasteiger partial charge in [0.25, 0.3) is 0 Å². The normalized spacial score (nSPS) is 29.7. The molecule has 0 aliphatic heterocycles. The molecule has 2 unspecified atom stereocenters. The van der Waals surface area contributed by atoms with Crippen molar-refractivity contribution >= 4 is 11.6 Å². The Morgan fingerprint density at radius 3 is 2.92 bits per heavy atom. The summed E-state index contributed by atoms with van der Waals surface area (Å²) in [5, 5.41) is 0. The van der Waals surface area contributed by atoms with Crippen molar-refractivity contribution < 1.29 is 0 Å². The van der Waals surface area contributed by atoms with Crippen LogP contribution in [0, 0.1) is 11.8 Å². The van der Waals surface area contributed by atoms with E-state index in [-0.39, 0.29) is 0 Å². The molecule has 1 heteroatoms. The first-order valence-corrected chi connectivity index (χ1v) is 6.13. The van der Waals surface area contributed by atoms with E-state index in [2.05, 4.69) is 19.1 Å². The fourth-order valence-electron chi connectivity index (χ4n) is 2.23.